The maximum atomic E-state index is 12.0. The number of nitrogens with one attached hydrogen (secondary N) is 1. The summed E-state index contributed by atoms with van der Waals surface area (Å²) < 4.78 is 5.55. The SMILES string of the molecule is CC(OCc1cccc(Cl)c1)C(=O)Nc1ccc(N)cc1. The van der Waals surface area contributed by atoms with E-state index in [-0.39, 0.29) is 5.91 Å². The van der Waals surface area contributed by atoms with E-state index in [1.165, 1.54) is 0 Å². The summed E-state index contributed by atoms with van der Waals surface area (Å²) in [5.41, 5.74) is 7.86. The molecule has 0 radical (unpaired) electrons. The molecule has 0 aliphatic carbocycles. The Morgan fingerprint density at radius 3 is 2.67 bits per heavy atom. The van der Waals surface area contributed by atoms with Gasteiger partial charge < -0.3 is 15.8 Å². The van der Waals surface area contributed by atoms with E-state index in [1.54, 1.807) is 37.3 Å². The van der Waals surface area contributed by atoms with Crippen molar-refractivity contribution in [1.29, 1.82) is 0 Å². The zero-order valence-corrected chi connectivity index (χ0v) is 12.4. The van der Waals surface area contributed by atoms with Gasteiger partial charge in [-0.25, -0.2) is 0 Å². The third kappa shape index (κ3) is 4.77. The number of benzene rings is 2. The van der Waals surface area contributed by atoms with Crippen LogP contribution in [0.5, 0.6) is 0 Å². The van der Waals surface area contributed by atoms with Crippen LogP contribution >= 0.6 is 11.6 Å². The molecule has 1 atom stereocenters. The molecule has 21 heavy (non-hydrogen) atoms. The van der Waals surface area contributed by atoms with Crippen LogP contribution < -0.4 is 11.1 Å². The first-order chi connectivity index (χ1) is 10.0. The minimum Gasteiger partial charge on any atom is -0.399 e. The predicted molar refractivity (Wildman–Crippen MR) is 85.2 cm³/mol. The summed E-state index contributed by atoms with van der Waals surface area (Å²) in [6.45, 7) is 2.04. The number of halogens is 1. The first-order valence-electron chi connectivity index (χ1n) is 6.57. The normalized spacial score (nSPS) is 11.9. The van der Waals surface area contributed by atoms with E-state index >= 15 is 0 Å². The van der Waals surface area contributed by atoms with Gasteiger partial charge in [0.05, 0.1) is 6.61 Å². The summed E-state index contributed by atoms with van der Waals surface area (Å²) >= 11 is 5.90. The van der Waals surface area contributed by atoms with Crippen molar-refractivity contribution >= 4 is 28.9 Å². The van der Waals surface area contributed by atoms with Gasteiger partial charge in [-0.15, -0.1) is 0 Å². The first kappa shape index (κ1) is 15.4. The molecule has 110 valence electrons. The number of nitrogens with two attached hydrogens (primary N) is 1. The Labute approximate surface area is 128 Å². The van der Waals surface area contributed by atoms with Crippen LogP contribution in [0.2, 0.25) is 5.02 Å². The van der Waals surface area contributed by atoms with Crippen molar-refractivity contribution < 1.29 is 9.53 Å². The predicted octanol–water partition coefficient (Wildman–Crippen LogP) is 3.47. The molecule has 0 aromatic heterocycles. The summed E-state index contributed by atoms with van der Waals surface area (Å²) in [5.74, 6) is -0.207. The number of amides is 1. The summed E-state index contributed by atoms with van der Waals surface area (Å²) in [7, 11) is 0. The molecule has 0 bridgehead atoms. The van der Waals surface area contributed by atoms with Crippen molar-refractivity contribution in [1.82, 2.24) is 0 Å². The van der Waals surface area contributed by atoms with Crippen LogP contribution in [-0.2, 0) is 16.1 Å². The maximum Gasteiger partial charge on any atom is 0.253 e. The lowest BCUT2D eigenvalue weighted by Crippen LogP contribution is -2.27. The van der Waals surface area contributed by atoms with Crippen LogP contribution in [0.4, 0.5) is 11.4 Å². The molecule has 0 saturated carbocycles. The lowest BCUT2D eigenvalue weighted by molar-refractivity contribution is -0.127. The van der Waals surface area contributed by atoms with Gasteiger partial charge in [0, 0.05) is 16.4 Å². The van der Waals surface area contributed by atoms with Crippen molar-refractivity contribution in [3.8, 4) is 0 Å². The van der Waals surface area contributed by atoms with E-state index in [9.17, 15) is 4.79 Å². The molecule has 5 heteroatoms. The Kier molecular flexibility index (Phi) is 5.20. The quantitative estimate of drug-likeness (QED) is 0.831. The molecule has 1 amide bonds. The molecule has 0 heterocycles. The number of ether oxygens (including phenoxy) is 1. The van der Waals surface area contributed by atoms with Crippen LogP contribution in [-0.4, -0.2) is 12.0 Å². The lowest BCUT2D eigenvalue weighted by atomic mass is 10.2. The monoisotopic (exact) mass is 304 g/mol. The second-order valence-corrected chi connectivity index (χ2v) is 5.13. The average Bonchev–Trinajstić information content (AvgIpc) is 2.47. The molecule has 3 N–H and O–H groups in total. The van der Waals surface area contributed by atoms with Gasteiger partial charge in [-0.2, -0.15) is 0 Å². The Morgan fingerprint density at radius 2 is 2.00 bits per heavy atom. The highest BCUT2D eigenvalue weighted by Crippen LogP contribution is 2.14. The van der Waals surface area contributed by atoms with Crippen molar-refractivity contribution in [2.75, 3.05) is 11.1 Å². The highest BCUT2D eigenvalue weighted by Gasteiger charge is 2.13. The van der Waals surface area contributed by atoms with E-state index in [0.717, 1.165) is 5.56 Å². The lowest BCUT2D eigenvalue weighted by Gasteiger charge is -2.13. The fourth-order valence-electron chi connectivity index (χ4n) is 1.73. The zero-order chi connectivity index (χ0) is 15.2. The van der Waals surface area contributed by atoms with Gasteiger partial charge in [-0.1, -0.05) is 23.7 Å². The van der Waals surface area contributed by atoms with Crippen molar-refractivity contribution in [2.24, 2.45) is 0 Å². The minimum absolute atomic E-state index is 0.207. The van der Waals surface area contributed by atoms with Crippen LogP contribution in [0, 0.1) is 0 Å². The molecule has 0 saturated heterocycles. The molecule has 0 aliphatic heterocycles. The van der Waals surface area contributed by atoms with Crippen molar-refractivity contribution in [3.63, 3.8) is 0 Å². The second kappa shape index (κ2) is 7.11. The van der Waals surface area contributed by atoms with Crippen LogP contribution in [0.3, 0.4) is 0 Å². The maximum absolute atomic E-state index is 12.0. The molecule has 0 fully saturated rings. The Morgan fingerprint density at radius 1 is 1.29 bits per heavy atom. The third-order valence-electron chi connectivity index (χ3n) is 2.94. The number of rotatable bonds is 5. The van der Waals surface area contributed by atoms with Gasteiger partial charge in [-0.3, -0.25) is 4.79 Å². The van der Waals surface area contributed by atoms with Crippen LogP contribution in [0.1, 0.15) is 12.5 Å². The summed E-state index contributed by atoms with van der Waals surface area (Å²) in [5, 5.41) is 3.42. The smallest absolute Gasteiger partial charge is 0.253 e. The summed E-state index contributed by atoms with van der Waals surface area (Å²) in [4.78, 5) is 12.0. The molecular formula is C16H17ClN2O2. The number of carbonyl (C=O) groups excluding carboxylic acids is 1. The number of carbonyl (C=O) groups is 1. The zero-order valence-electron chi connectivity index (χ0n) is 11.7. The van der Waals surface area contributed by atoms with E-state index in [4.69, 9.17) is 22.1 Å². The average molecular weight is 305 g/mol. The van der Waals surface area contributed by atoms with Crippen molar-refractivity contribution in [3.05, 3.63) is 59.1 Å². The summed E-state index contributed by atoms with van der Waals surface area (Å²) in [6, 6.07) is 14.3. The third-order valence-corrected chi connectivity index (χ3v) is 3.17. The fourth-order valence-corrected chi connectivity index (χ4v) is 1.95. The fraction of sp³-hybridized carbons (Fsp3) is 0.188. The number of nitrogen functional groups attached to an aromatic ring is 1. The molecule has 4 nitrogen and oxygen atoms in total. The van der Waals surface area contributed by atoms with Gasteiger partial charge in [0.1, 0.15) is 6.10 Å². The Hall–Kier alpha value is -2.04. The largest absolute Gasteiger partial charge is 0.399 e. The number of hydrogen-bond acceptors (Lipinski definition) is 3. The minimum atomic E-state index is -0.568. The highest BCUT2D eigenvalue weighted by molar-refractivity contribution is 6.30. The molecule has 1 unspecified atom stereocenters. The van der Waals surface area contributed by atoms with Crippen LogP contribution in [0.25, 0.3) is 0 Å². The highest BCUT2D eigenvalue weighted by atomic mass is 35.5. The topological polar surface area (TPSA) is 64.3 Å². The van der Waals surface area contributed by atoms with Gasteiger partial charge >= 0.3 is 0 Å². The Bertz CT molecular complexity index is 614. The van der Waals surface area contributed by atoms with Gasteiger partial charge in [0.25, 0.3) is 5.91 Å². The summed E-state index contributed by atoms with van der Waals surface area (Å²) in [6.07, 6.45) is -0.568. The molecule has 0 spiro atoms. The number of hydrogen-bond donors (Lipinski definition) is 2. The van der Waals surface area contributed by atoms with E-state index in [2.05, 4.69) is 5.32 Å². The number of anilines is 2. The van der Waals surface area contributed by atoms with Crippen LogP contribution in [0.15, 0.2) is 48.5 Å². The van der Waals surface area contributed by atoms with Gasteiger partial charge in [-0.05, 0) is 48.9 Å². The standard InChI is InChI=1S/C16H17ClN2O2/c1-11(21-10-12-3-2-4-13(17)9-12)16(20)19-15-7-5-14(18)6-8-15/h2-9,11H,10,18H2,1H3,(H,19,20). The van der Waals surface area contributed by atoms with E-state index < -0.39 is 6.10 Å². The van der Waals surface area contributed by atoms with E-state index in [0.29, 0.717) is 23.0 Å². The molecule has 2 rings (SSSR count). The second-order valence-electron chi connectivity index (χ2n) is 4.69. The first-order valence-corrected chi connectivity index (χ1v) is 6.95. The molecule has 2 aromatic carbocycles. The molecular weight excluding hydrogens is 288 g/mol. The van der Waals surface area contributed by atoms with Crippen molar-refractivity contribution in [2.45, 2.75) is 19.6 Å². The Balaban J connectivity index is 1.86. The molecule has 0 aliphatic rings. The van der Waals surface area contributed by atoms with E-state index in [1.807, 2.05) is 18.2 Å². The molecule has 2 aromatic rings. The van der Waals surface area contributed by atoms with Gasteiger partial charge in [0.15, 0.2) is 0 Å². The van der Waals surface area contributed by atoms with Gasteiger partial charge in [0.2, 0.25) is 0 Å².